The van der Waals surface area contributed by atoms with E-state index in [1.54, 1.807) is 24.3 Å². The minimum atomic E-state index is -0.279. The minimum absolute atomic E-state index is 0.279. The van der Waals surface area contributed by atoms with Gasteiger partial charge in [0.25, 0.3) is 0 Å². The highest BCUT2D eigenvalue weighted by Crippen LogP contribution is 2.23. The quantitative estimate of drug-likeness (QED) is 0.321. The molecule has 0 aliphatic rings. The summed E-state index contributed by atoms with van der Waals surface area (Å²) in [5.41, 5.74) is 3.77. The molecule has 0 heterocycles. The normalized spacial score (nSPS) is 10.1. The fourth-order valence-electron chi connectivity index (χ4n) is 2.75. The molecule has 3 aromatic carbocycles. The molecule has 0 radical (unpaired) electrons. The average molecular weight is 371 g/mol. The van der Waals surface area contributed by atoms with Gasteiger partial charge in [0.2, 0.25) is 0 Å². The molecule has 0 saturated carbocycles. The lowest BCUT2D eigenvalue weighted by atomic mass is 10.0. The maximum Gasteiger partial charge on any atom is 0.311 e. The Hall–Kier alpha value is -3.58. The predicted molar refractivity (Wildman–Crippen MR) is 108 cm³/mol. The summed E-state index contributed by atoms with van der Waals surface area (Å²) in [5, 5.41) is 8.86. The number of hydrogen-bond acceptors (Lipinski definition) is 4. The van der Waals surface area contributed by atoms with E-state index in [0.717, 1.165) is 22.4 Å². The molecule has 0 N–H and O–H groups in total. The van der Waals surface area contributed by atoms with Gasteiger partial charge in [-0.1, -0.05) is 36.4 Å². The smallest absolute Gasteiger partial charge is 0.311 e. The summed E-state index contributed by atoms with van der Waals surface area (Å²) in [5.74, 6) is 1.05. The molecule has 4 heteroatoms. The van der Waals surface area contributed by atoms with Crippen LogP contribution in [-0.4, -0.2) is 12.6 Å². The number of esters is 1. The minimum Gasteiger partial charge on any atom is -0.494 e. The van der Waals surface area contributed by atoms with Gasteiger partial charge in [-0.2, -0.15) is 5.26 Å². The first-order valence-corrected chi connectivity index (χ1v) is 9.15. The van der Waals surface area contributed by atoms with Gasteiger partial charge in [0.05, 0.1) is 18.2 Å². The molecule has 0 aliphatic heterocycles. The Labute approximate surface area is 165 Å². The molecular formula is C24H21NO3. The van der Waals surface area contributed by atoms with Crippen LogP contribution in [0.2, 0.25) is 0 Å². The fourth-order valence-corrected chi connectivity index (χ4v) is 2.75. The molecule has 0 aliphatic carbocycles. The number of ether oxygens (including phenoxy) is 2. The predicted octanol–water partition coefficient (Wildman–Crippen LogP) is 5.30. The van der Waals surface area contributed by atoms with Crippen molar-refractivity contribution < 1.29 is 14.3 Å². The summed E-state index contributed by atoms with van der Waals surface area (Å²) in [6, 6.07) is 24.6. The van der Waals surface area contributed by atoms with E-state index in [-0.39, 0.29) is 5.97 Å². The van der Waals surface area contributed by atoms with Crippen molar-refractivity contribution in [1.82, 2.24) is 0 Å². The molecule has 3 aromatic rings. The number of rotatable bonds is 7. The zero-order valence-corrected chi connectivity index (χ0v) is 15.7. The van der Waals surface area contributed by atoms with Crippen LogP contribution < -0.4 is 9.47 Å². The van der Waals surface area contributed by atoms with Gasteiger partial charge >= 0.3 is 5.97 Å². The first kappa shape index (κ1) is 19.2. The van der Waals surface area contributed by atoms with Crippen LogP contribution in [0.4, 0.5) is 0 Å². The summed E-state index contributed by atoms with van der Waals surface area (Å²) >= 11 is 0. The molecule has 0 unspecified atom stereocenters. The van der Waals surface area contributed by atoms with E-state index >= 15 is 0 Å². The zero-order chi connectivity index (χ0) is 19.8. The van der Waals surface area contributed by atoms with E-state index in [2.05, 4.69) is 6.07 Å². The highest BCUT2D eigenvalue weighted by atomic mass is 16.5. The average Bonchev–Trinajstić information content (AvgIpc) is 2.72. The van der Waals surface area contributed by atoms with E-state index in [9.17, 15) is 4.79 Å². The van der Waals surface area contributed by atoms with Gasteiger partial charge in [0.1, 0.15) is 11.5 Å². The Morgan fingerprint density at radius 1 is 0.929 bits per heavy atom. The summed E-state index contributed by atoms with van der Waals surface area (Å²) in [7, 11) is 0. The Bertz CT molecular complexity index is 970. The third kappa shape index (κ3) is 5.46. The van der Waals surface area contributed by atoms with Crippen molar-refractivity contribution in [1.29, 1.82) is 5.26 Å². The van der Waals surface area contributed by atoms with E-state index in [0.29, 0.717) is 30.8 Å². The second-order valence-electron chi connectivity index (χ2n) is 6.46. The van der Waals surface area contributed by atoms with Crippen LogP contribution in [0.3, 0.4) is 0 Å². The van der Waals surface area contributed by atoms with Gasteiger partial charge in [-0.25, -0.2) is 0 Å². The highest BCUT2D eigenvalue weighted by Gasteiger charge is 2.06. The van der Waals surface area contributed by atoms with E-state index < -0.39 is 0 Å². The standard InChI is InChI=1S/C24H21NO3/c1-18-4-2-5-23(16-18)27-15-3-6-24(26)28-22-13-11-21(12-14-22)20-9-7-19(17-25)8-10-20/h2,4-5,7-14,16H,3,6,15H2,1H3. The van der Waals surface area contributed by atoms with Crippen molar-refractivity contribution in [2.75, 3.05) is 6.61 Å². The molecule has 0 aromatic heterocycles. The van der Waals surface area contributed by atoms with Crippen LogP contribution in [0.5, 0.6) is 11.5 Å². The summed E-state index contributed by atoms with van der Waals surface area (Å²) in [4.78, 5) is 12.0. The first-order chi connectivity index (χ1) is 13.6. The number of benzene rings is 3. The number of aryl methyl sites for hydroxylation is 1. The van der Waals surface area contributed by atoms with Gasteiger partial charge in [-0.05, 0) is 66.4 Å². The largest absolute Gasteiger partial charge is 0.494 e. The number of carbonyl (C=O) groups excluding carboxylic acids is 1. The number of nitrogens with zero attached hydrogens (tertiary/aromatic N) is 1. The number of hydrogen-bond donors (Lipinski definition) is 0. The van der Waals surface area contributed by atoms with Crippen molar-refractivity contribution in [3.8, 4) is 28.7 Å². The van der Waals surface area contributed by atoms with Crippen molar-refractivity contribution in [3.63, 3.8) is 0 Å². The number of nitriles is 1. The Morgan fingerprint density at radius 2 is 1.61 bits per heavy atom. The molecule has 4 nitrogen and oxygen atoms in total. The molecular weight excluding hydrogens is 350 g/mol. The Morgan fingerprint density at radius 3 is 2.25 bits per heavy atom. The zero-order valence-electron chi connectivity index (χ0n) is 15.7. The first-order valence-electron chi connectivity index (χ1n) is 9.15. The maximum atomic E-state index is 12.0. The van der Waals surface area contributed by atoms with E-state index in [4.69, 9.17) is 14.7 Å². The number of carbonyl (C=O) groups is 1. The molecule has 28 heavy (non-hydrogen) atoms. The lowest BCUT2D eigenvalue weighted by Crippen LogP contribution is -2.09. The van der Waals surface area contributed by atoms with Crippen molar-refractivity contribution in [2.24, 2.45) is 0 Å². The fraction of sp³-hybridized carbons (Fsp3) is 0.167. The molecule has 0 spiro atoms. The third-order valence-electron chi connectivity index (χ3n) is 4.22. The van der Waals surface area contributed by atoms with Crippen molar-refractivity contribution in [3.05, 3.63) is 83.9 Å². The summed E-state index contributed by atoms with van der Waals surface area (Å²) < 4.78 is 11.0. The van der Waals surface area contributed by atoms with Crippen LogP contribution in [0.1, 0.15) is 24.0 Å². The van der Waals surface area contributed by atoms with Crippen molar-refractivity contribution >= 4 is 5.97 Å². The van der Waals surface area contributed by atoms with Crippen LogP contribution in [0.25, 0.3) is 11.1 Å². The van der Waals surface area contributed by atoms with Gasteiger partial charge in [0.15, 0.2) is 0 Å². The third-order valence-corrected chi connectivity index (χ3v) is 4.22. The second-order valence-corrected chi connectivity index (χ2v) is 6.46. The SMILES string of the molecule is Cc1cccc(OCCCC(=O)Oc2ccc(-c3ccc(C#N)cc3)cc2)c1. The van der Waals surface area contributed by atoms with Crippen LogP contribution in [0, 0.1) is 18.3 Å². The Kier molecular flexibility index (Phi) is 6.43. The molecule has 0 fully saturated rings. The topological polar surface area (TPSA) is 59.3 Å². The molecule has 0 atom stereocenters. The summed E-state index contributed by atoms with van der Waals surface area (Å²) in [6.45, 7) is 2.48. The van der Waals surface area contributed by atoms with Gasteiger partial charge in [-0.3, -0.25) is 4.79 Å². The van der Waals surface area contributed by atoms with Gasteiger partial charge < -0.3 is 9.47 Å². The molecule has 0 bridgehead atoms. The highest BCUT2D eigenvalue weighted by molar-refractivity contribution is 5.73. The molecule has 3 rings (SSSR count). The van der Waals surface area contributed by atoms with E-state index in [1.165, 1.54) is 0 Å². The summed E-state index contributed by atoms with van der Waals surface area (Å²) in [6.07, 6.45) is 0.888. The molecule has 140 valence electrons. The lowest BCUT2D eigenvalue weighted by Gasteiger charge is -2.08. The van der Waals surface area contributed by atoms with Crippen LogP contribution in [-0.2, 0) is 4.79 Å². The molecule has 0 amide bonds. The second kappa shape index (κ2) is 9.38. The lowest BCUT2D eigenvalue weighted by molar-refractivity contribution is -0.134. The maximum absolute atomic E-state index is 12.0. The Balaban J connectivity index is 1.45. The molecule has 0 saturated heterocycles. The van der Waals surface area contributed by atoms with Gasteiger partial charge in [-0.15, -0.1) is 0 Å². The van der Waals surface area contributed by atoms with Crippen LogP contribution in [0.15, 0.2) is 72.8 Å². The monoisotopic (exact) mass is 371 g/mol. The van der Waals surface area contributed by atoms with Crippen LogP contribution >= 0.6 is 0 Å². The van der Waals surface area contributed by atoms with Crippen molar-refractivity contribution in [2.45, 2.75) is 19.8 Å². The van der Waals surface area contributed by atoms with E-state index in [1.807, 2.05) is 55.5 Å². The van der Waals surface area contributed by atoms with Gasteiger partial charge in [0, 0.05) is 6.42 Å².